The minimum Gasteiger partial charge on any atom is -0.493 e. The SMILES string of the molecule is C=C[CH2][Ni][CH2]C=C.CCCCC1=C(c2cccc(CCCC)c2)[N+](=[N-])C(c2cccc(CCCC)c2)=C1CC. The third-order valence-corrected chi connectivity index (χ3v) is 8.04. The zero-order chi connectivity index (χ0) is 28.5. The molecule has 39 heavy (non-hydrogen) atoms. The molecule has 0 bridgehead atoms. The Kier molecular flexibility index (Phi) is 15.7. The molecular formula is C36H50N2Ni. The van der Waals surface area contributed by atoms with Crippen molar-refractivity contribution < 1.29 is 19.1 Å². The second kappa shape index (κ2) is 18.7. The summed E-state index contributed by atoms with van der Waals surface area (Å²) < 4.78 is 1.50. The van der Waals surface area contributed by atoms with Crippen molar-refractivity contribution in [2.75, 3.05) is 0 Å². The summed E-state index contributed by atoms with van der Waals surface area (Å²) in [6.07, 6.45) is 15.0. The maximum atomic E-state index is 11.6. The van der Waals surface area contributed by atoms with Gasteiger partial charge in [-0.2, -0.15) is 0 Å². The summed E-state index contributed by atoms with van der Waals surface area (Å²) in [4.78, 5) is 0. The molecule has 1 heterocycles. The molecule has 0 radical (unpaired) electrons. The van der Waals surface area contributed by atoms with Gasteiger partial charge in [-0.1, -0.05) is 71.2 Å². The van der Waals surface area contributed by atoms with Crippen molar-refractivity contribution in [3.05, 3.63) is 113 Å². The van der Waals surface area contributed by atoms with E-state index < -0.39 is 0 Å². The predicted octanol–water partition coefficient (Wildman–Crippen LogP) is 11.4. The van der Waals surface area contributed by atoms with Crippen LogP contribution in [0.2, 0.25) is 10.8 Å². The summed E-state index contributed by atoms with van der Waals surface area (Å²) >= 11 is 1.66. The molecule has 0 amide bonds. The van der Waals surface area contributed by atoms with Crippen molar-refractivity contribution in [3.8, 4) is 0 Å². The van der Waals surface area contributed by atoms with Crippen molar-refractivity contribution in [2.45, 2.75) is 103 Å². The van der Waals surface area contributed by atoms with Gasteiger partial charge in [-0.05, 0) is 80.3 Å². The number of hydrogen-bond acceptors (Lipinski definition) is 0. The molecule has 2 aromatic rings. The van der Waals surface area contributed by atoms with Gasteiger partial charge in [0.25, 0.3) is 0 Å². The van der Waals surface area contributed by atoms with Gasteiger partial charge in [0.1, 0.15) is 0 Å². The number of allylic oxidation sites excluding steroid dienone is 4. The summed E-state index contributed by atoms with van der Waals surface area (Å²) in [7, 11) is 0. The fourth-order valence-electron chi connectivity index (χ4n) is 4.94. The minimum atomic E-state index is 0.920. The van der Waals surface area contributed by atoms with Crippen molar-refractivity contribution in [3.63, 3.8) is 0 Å². The zero-order valence-corrected chi connectivity index (χ0v) is 25.9. The number of benzene rings is 2. The molecule has 2 nitrogen and oxygen atoms in total. The van der Waals surface area contributed by atoms with Crippen LogP contribution in [0.4, 0.5) is 0 Å². The standard InChI is InChI=1S/C30H40N2.2C3H5.Ni/c1-5-9-14-23-16-12-18-25(21-23)29-27(8-4)28(20-11-7-3)30(32(29)31)26-19-13-17-24(22-26)15-10-6-2;2*1-3-2;/h12-13,16-19,21-22H,5-11,14-15,20H2,1-4H3;2*3H,1-2H2;. The van der Waals surface area contributed by atoms with E-state index in [1.165, 1.54) is 52.7 Å². The molecule has 0 saturated carbocycles. The summed E-state index contributed by atoms with van der Waals surface area (Å²) in [5.41, 5.74) is 21.1. The van der Waals surface area contributed by atoms with Gasteiger partial charge in [-0.25, -0.2) is 4.70 Å². The molecule has 1 aliphatic rings. The number of aryl methyl sites for hydroxylation is 2. The molecule has 3 heteroatoms. The third kappa shape index (κ3) is 9.88. The van der Waals surface area contributed by atoms with E-state index in [9.17, 15) is 5.53 Å². The Morgan fingerprint density at radius 2 is 1.15 bits per heavy atom. The first kappa shape index (κ1) is 32.7. The fourth-order valence-corrected chi connectivity index (χ4v) is 5.51. The topological polar surface area (TPSA) is 25.3 Å². The number of rotatable bonds is 16. The minimum absolute atomic E-state index is 0.920. The van der Waals surface area contributed by atoms with Gasteiger partial charge in [0, 0.05) is 22.3 Å². The molecule has 1 aliphatic heterocycles. The smallest absolute Gasteiger partial charge is 0.211 e. The molecule has 3 rings (SSSR count). The Hall–Kier alpha value is -2.51. The van der Waals surface area contributed by atoms with Crippen LogP contribution in [0.25, 0.3) is 16.9 Å². The Balaban J connectivity index is 0.000000673. The van der Waals surface area contributed by atoms with Crippen molar-refractivity contribution in [1.82, 2.24) is 0 Å². The van der Waals surface area contributed by atoms with Crippen LogP contribution >= 0.6 is 0 Å². The molecule has 0 unspecified atom stereocenters. The first-order valence-electron chi connectivity index (χ1n) is 14.9. The Bertz CT molecular complexity index is 1130. The number of hydrogen-bond donors (Lipinski definition) is 0. The van der Waals surface area contributed by atoms with Crippen LogP contribution in [0.3, 0.4) is 0 Å². The van der Waals surface area contributed by atoms with Crippen molar-refractivity contribution >= 4 is 11.4 Å². The molecule has 214 valence electrons. The predicted molar refractivity (Wildman–Crippen MR) is 167 cm³/mol. The number of unbranched alkanes of at least 4 members (excludes halogenated alkanes) is 3. The van der Waals surface area contributed by atoms with Gasteiger partial charge in [-0.3, -0.25) is 0 Å². The molecule has 2 aromatic carbocycles. The third-order valence-electron chi connectivity index (χ3n) is 6.90. The average molecular weight is 570 g/mol. The van der Waals surface area contributed by atoms with E-state index >= 15 is 0 Å². The van der Waals surface area contributed by atoms with E-state index in [1.807, 2.05) is 12.2 Å². The fraction of sp³-hybridized carbons (Fsp3) is 0.444. The Labute approximate surface area is 245 Å². The summed E-state index contributed by atoms with van der Waals surface area (Å²) in [6, 6.07) is 17.6. The number of nitrogens with zero attached hydrogens (tertiary/aromatic N) is 2. The summed E-state index contributed by atoms with van der Waals surface area (Å²) in [5.74, 6) is 0. The van der Waals surface area contributed by atoms with Gasteiger partial charge in [0.05, 0.1) is 0 Å². The van der Waals surface area contributed by atoms with Crippen LogP contribution in [-0.2, 0) is 27.3 Å². The second-order valence-electron chi connectivity index (χ2n) is 10.0. The molecule has 0 fully saturated rings. The molecule has 0 aliphatic carbocycles. The van der Waals surface area contributed by atoms with Gasteiger partial charge < -0.3 is 5.53 Å². The molecule has 0 spiro atoms. The molecule has 0 saturated heterocycles. The van der Waals surface area contributed by atoms with E-state index in [-0.39, 0.29) is 0 Å². The van der Waals surface area contributed by atoms with Gasteiger partial charge in [0.15, 0.2) is 0 Å². The zero-order valence-electron chi connectivity index (χ0n) is 24.9. The first-order chi connectivity index (χ1) is 19.1. The van der Waals surface area contributed by atoms with E-state index in [0.29, 0.717) is 0 Å². The van der Waals surface area contributed by atoms with Crippen LogP contribution in [0.15, 0.2) is 85.0 Å². The normalized spacial score (nSPS) is 13.1. The van der Waals surface area contributed by atoms with Crippen molar-refractivity contribution in [1.29, 1.82) is 0 Å². The van der Waals surface area contributed by atoms with E-state index in [2.05, 4.69) is 89.4 Å². The quantitative estimate of drug-likeness (QED) is 0.0832. The van der Waals surface area contributed by atoms with Gasteiger partial charge in [0.2, 0.25) is 11.4 Å². The van der Waals surface area contributed by atoms with Gasteiger partial charge in [-0.15, -0.1) is 0 Å². The van der Waals surface area contributed by atoms with Crippen molar-refractivity contribution in [2.24, 2.45) is 0 Å². The monoisotopic (exact) mass is 568 g/mol. The van der Waals surface area contributed by atoms with Crippen LogP contribution < -0.4 is 0 Å². The molecule has 0 aromatic heterocycles. The van der Waals surface area contributed by atoms with Gasteiger partial charge >= 0.3 is 50.5 Å². The average Bonchev–Trinajstić information content (AvgIpc) is 3.25. The maximum Gasteiger partial charge on any atom is 0.211 e. The van der Waals surface area contributed by atoms with E-state index in [4.69, 9.17) is 0 Å². The van der Waals surface area contributed by atoms with Crippen LogP contribution in [0.5, 0.6) is 0 Å². The van der Waals surface area contributed by atoms with E-state index in [0.717, 1.165) is 71.8 Å². The Morgan fingerprint density at radius 3 is 1.59 bits per heavy atom. The van der Waals surface area contributed by atoms with Crippen LogP contribution in [-0.4, -0.2) is 4.70 Å². The van der Waals surface area contributed by atoms with Crippen LogP contribution in [0, 0.1) is 0 Å². The Morgan fingerprint density at radius 1 is 0.692 bits per heavy atom. The van der Waals surface area contributed by atoms with Crippen LogP contribution in [0.1, 0.15) is 101 Å². The molecule has 0 N–H and O–H groups in total. The van der Waals surface area contributed by atoms with E-state index in [1.54, 1.807) is 14.4 Å². The summed E-state index contributed by atoms with van der Waals surface area (Å²) in [5, 5.41) is 2.11. The largest absolute Gasteiger partial charge is 0.493 e. The molecule has 0 atom stereocenters. The second-order valence-corrected chi connectivity index (χ2v) is 11.3. The summed E-state index contributed by atoms with van der Waals surface area (Å²) in [6.45, 7) is 16.1. The molecular weight excluding hydrogens is 519 g/mol. The first-order valence-corrected chi connectivity index (χ1v) is 16.3. The maximum absolute atomic E-state index is 11.6.